The summed E-state index contributed by atoms with van der Waals surface area (Å²) >= 11 is 11.6. The van der Waals surface area contributed by atoms with Crippen molar-refractivity contribution in [3.05, 3.63) is 64.1 Å². The predicted molar refractivity (Wildman–Crippen MR) is 77.1 cm³/mol. The summed E-state index contributed by atoms with van der Waals surface area (Å²) < 4.78 is 5.38. The third-order valence-electron chi connectivity index (χ3n) is 2.51. The van der Waals surface area contributed by atoms with Gasteiger partial charge in [0.05, 0.1) is 0 Å². The van der Waals surface area contributed by atoms with E-state index in [1.807, 2.05) is 12.1 Å². The van der Waals surface area contributed by atoms with Crippen molar-refractivity contribution in [2.45, 2.75) is 6.42 Å². The van der Waals surface area contributed by atoms with E-state index >= 15 is 0 Å². The molecule has 0 saturated carbocycles. The lowest BCUT2D eigenvalue weighted by Gasteiger charge is -2.06. The molecule has 0 bridgehead atoms. The average Bonchev–Trinajstić information content (AvgIpc) is 2.39. The van der Waals surface area contributed by atoms with Gasteiger partial charge in [0.2, 0.25) is 0 Å². The molecule has 2 rings (SSSR count). The van der Waals surface area contributed by atoms with Crippen molar-refractivity contribution in [3.8, 4) is 5.75 Å². The van der Waals surface area contributed by atoms with E-state index in [1.165, 1.54) is 0 Å². The number of benzene rings is 2. The largest absolute Gasteiger partial charge is 0.486 e. The van der Waals surface area contributed by atoms with Gasteiger partial charge in [0, 0.05) is 16.5 Å². The Labute approximate surface area is 121 Å². The minimum Gasteiger partial charge on any atom is -0.486 e. The van der Waals surface area contributed by atoms with E-state index in [2.05, 4.69) is 0 Å². The van der Waals surface area contributed by atoms with Crippen molar-refractivity contribution in [2.75, 3.05) is 6.61 Å². The lowest BCUT2D eigenvalue weighted by molar-refractivity contribution is -0.120. The summed E-state index contributed by atoms with van der Waals surface area (Å²) in [7, 11) is 0. The molecule has 4 heteroatoms. The predicted octanol–water partition coefficient (Wildman–Crippen LogP) is 4.18. The van der Waals surface area contributed by atoms with Crippen LogP contribution in [0.2, 0.25) is 10.0 Å². The Morgan fingerprint density at radius 2 is 1.74 bits per heavy atom. The van der Waals surface area contributed by atoms with Crippen molar-refractivity contribution in [1.82, 2.24) is 0 Å². The molecule has 0 aliphatic carbocycles. The van der Waals surface area contributed by atoms with Gasteiger partial charge in [-0.05, 0) is 35.9 Å². The summed E-state index contributed by atoms with van der Waals surface area (Å²) in [4.78, 5) is 11.8. The highest BCUT2D eigenvalue weighted by molar-refractivity contribution is 6.30. The second kappa shape index (κ2) is 6.60. The smallest absolute Gasteiger partial charge is 0.174 e. The maximum atomic E-state index is 11.8. The Morgan fingerprint density at radius 3 is 2.42 bits per heavy atom. The van der Waals surface area contributed by atoms with E-state index in [0.717, 1.165) is 5.56 Å². The summed E-state index contributed by atoms with van der Waals surface area (Å²) in [6.45, 7) is 0.0307. The van der Waals surface area contributed by atoms with E-state index in [-0.39, 0.29) is 12.4 Å². The zero-order valence-corrected chi connectivity index (χ0v) is 11.6. The molecular formula is C15H12Cl2O2. The van der Waals surface area contributed by atoms with Crippen LogP contribution in [0.25, 0.3) is 0 Å². The molecule has 2 aromatic carbocycles. The molecule has 0 aromatic heterocycles. The first-order valence-corrected chi connectivity index (χ1v) is 6.53. The molecule has 0 unspecified atom stereocenters. The van der Waals surface area contributed by atoms with Gasteiger partial charge < -0.3 is 4.74 Å². The summed E-state index contributed by atoms with van der Waals surface area (Å²) in [5.41, 5.74) is 0.920. The van der Waals surface area contributed by atoms with Gasteiger partial charge in [-0.3, -0.25) is 4.79 Å². The molecule has 0 radical (unpaired) electrons. The summed E-state index contributed by atoms with van der Waals surface area (Å²) in [5, 5.41) is 1.24. The highest BCUT2D eigenvalue weighted by Crippen LogP contribution is 2.17. The minimum absolute atomic E-state index is 0.00213. The van der Waals surface area contributed by atoms with Gasteiger partial charge in [-0.2, -0.15) is 0 Å². The number of carbonyl (C=O) groups is 1. The Bertz CT molecular complexity index is 565. The zero-order chi connectivity index (χ0) is 13.7. The van der Waals surface area contributed by atoms with Crippen LogP contribution in [0.15, 0.2) is 48.5 Å². The molecule has 0 heterocycles. The highest BCUT2D eigenvalue weighted by Gasteiger charge is 2.05. The first-order chi connectivity index (χ1) is 9.13. The third kappa shape index (κ3) is 4.58. The second-order valence-electron chi connectivity index (χ2n) is 4.09. The summed E-state index contributed by atoms with van der Waals surface area (Å²) in [5.74, 6) is 0.597. The number of carbonyl (C=O) groups excluding carboxylic acids is 1. The first kappa shape index (κ1) is 13.9. The number of rotatable bonds is 5. The van der Waals surface area contributed by atoms with Crippen LogP contribution < -0.4 is 4.74 Å². The number of ether oxygens (including phenoxy) is 1. The van der Waals surface area contributed by atoms with Gasteiger partial charge in [0.15, 0.2) is 5.78 Å². The van der Waals surface area contributed by atoms with Gasteiger partial charge >= 0.3 is 0 Å². The van der Waals surface area contributed by atoms with E-state index < -0.39 is 0 Å². The molecule has 0 amide bonds. The van der Waals surface area contributed by atoms with Gasteiger partial charge in [-0.25, -0.2) is 0 Å². The van der Waals surface area contributed by atoms with Gasteiger partial charge in [-0.1, -0.05) is 41.4 Å². The molecule has 0 aliphatic heterocycles. The van der Waals surface area contributed by atoms with Crippen LogP contribution in [0, 0.1) is 0 Å². The van der Waals surface area contributed by atoms with Crippen molar-refractivity contribution >= 4 is 29.0 Å². The molecule has 98 valence electrons. The van der Waals surface area contributed by atoms with Crippen molar-refractivity contribution < 1.29 is 9.53 Å². The van der Waals surface area contributed by atoms with Crippen LogP contribution in [0.1, 0.15) is 5.56 Å². The van der Waals surface area contributed by atoms with Crippen LogP contribution in [0.4, 0.5) is 0 Å². The molecule has 0 saturated heterocycles. The third-order valence-corrected chi connectivity index (χ3v) is 3.00. The molecule has 0 N–H and O–H groups in total. The van der Waals surface area contributed by atoms with E-state index in [9.17, 15) is 4.79 Å². The fourth-order valence-corrected chi connectivity index (χ4v) is 1.91. The van der Waals surface area contributed by atoms with E-state index in [4.69, 9.17) is 27.9 Å². The van der Waals surface area contributed by atoms with E-state index in [0.29, 0.717) is 22.2 Å². The topological polar surface area (TPSA) is 26.3 Å². The Kier molecular flexibility index (Phi) is 4.83. The van der Waals surface area contributed by atoms with Crippen molar-refractivity contribution in [2.24, 2.45) is 0 Å². The molecule has 0 fully saturated rings. The minimum atomic E-state index is 0.00213. The Hall–Kier alpha value is -1.51. The number of hydrogen-bond donors (Lipinski definition) is 0. The Balaban J connectivity index is 1.86. The first-order valence-electron chi connectivity index (χ1n) is 5.78. The fraction of sp³-hybridized carbons (Fsp3) is 0.133. The molecule has 0 spiro atoms. The zero-order valence-electron chi connectivity index (χ0n) is 10.1. The van der Waals surface area contributed by atoms with Gasteiger partial charge in [0.1, 0.15) is 12.4 Å². The molecule has 2 aromatic rings. The quantitative estimate of drug-likeness (QED) is 0.827. The maximum absolute atomic E-state index is 11.8. The maximum Gasteiger partial charge on any atom is 0.174 e. The van der Waals surface area contributed by atoms with Crippen LogP contribution in [-0.4, -0.2) is 12.4 Å². The normalized spacial score (nSPS) is 10.2. The lowest BCUT2D eigenvalue weighted by Crippen LogP contribution is -2.13. The molecule has 0 aliphatic rings. The van der Waals surface area contributed by atoms with Crippen LogP contribution >= 0.6 is 23.2 Å². The van der Waals surface area contributed by atoms with Crippen LogP contribution in [0.5, 0.6) is 5.75 Å². The monoisotopic (exact) mass is 294 g/mol. The number of hydrogen-bond acceptors (Lipinski definition) is 2. The van der Waals surface area contributed by atoms with E-state index in [1.54, 1.807) is 36.4 Å². The average molecular weight is 295 g/mol. The summed E-state index contributed by atoms with van der Waals surface area (Å²) in [6, 6.07) is 14.2. The molecule has 19 heavy (non-hydrogen) atoms. The lowest BCUT2D eigenvalue weighted by atomic mass is 10.1. The number of ketones is 1. The molecule has 0 atom stereocenters. The van der Waals surface area contributed by atoms with Crippen LogP contribution in [-0.2, 0) is 11.2 Å². The van der Waals surface area contributed by atoms with Crippen molar-refractivity contribution in [3.63, 3.8) is 0 Å². The standard InChI is InChI=1S/C15H12Cl2O2/c16-12-6-4-11(5-7-12)8-14(18)10-19-15-3-1-2-13(17)9-15/h1-7,9H,8,10H2. The molecule has 2 nitrogen and oxygen atoms in total. The van der Waals surface area contributed by atoms with Crippen LogP contribution in [0.3, 0.4) is 0 Å². The summed E-state index contributed by atoms with van der Waals surface area (Å²) in [6.07, 6.45) is 0.331. The van der Waals surface area contributed by atoms with Gasteiger partial charge in [-0.15, -0.1) is 0 Å². The van der Waals surface area contributed by atoms with Gasteiger partial charge in [0.25, 0.3) is 0 Å². The SMILES string of the molecule is O=C(COc1cccc(Cl)c1)Cc1ccc(Cl)cc1. The fourth-order valence-electron chi connectivity index (χ4n) is 1.60. The number of halogens is 2. The highest BCUT2D eigenvalue weighted by atomic mass is 35.5. The molecular weight excluding hydrogens is 283 g/mol. The second-order valence-corrected chi connectivity index (χ2v) is 4.96. The van der Waals surface area contributed by atoms with Crippen molar-refractivity contribution in [1.29, 1.82) is 0 Å². The Morgan fingerprint density at radius 1 is 1.00 bits per heavy atom. The number of Topliss-reactive ketones (excluding diaryl/α,β-unsaturated/α-hetero) is 1.